The largest absolute Gasteiger partial charge is 0.493 e. The summed E-state index contributed by atoms with van der Waals surface area (Å²) in [6.45, 7) is 6.42. The van der Waals surface area contributed by atoms with Crippen LogP contribution in [-0.4, -0.2) is 56.9 Å². The number of carbonyl (C=O) groups is 1. The summed E-state index contributed by atoms with van der Waals surface area (Å²) >= 11 is 0. The summed E-state index contributed by atoms with van der Waals surface area (Å²) in [5, 5.41) is 3.25. The zero-order valence-electron chi connectivity index (χ0n) is 14.7. The molecule has 0 aromatic heterocycles. The molecule has 1 aliphatic heterocycles. The molecule has 6 nitrogen and oxygen atoms in total. The minimum Gasteiger partial charge on any atom is -0.493 e. The number of nitrogens with zero attached hydrogens (tertiary/aromatic N) is 1. The van der Waals surface area contributed by atoms with Gasteiger partial charge in [-0.05, 0) is 31.5 Å². The normalized spacial score (nSPS) is 20.0. The third-order valence-electron chi connectivity index (χ3n) is 4.10. The maximum atomic E-state index is 12.7. The van der Waals surface area contributed by atoms with Gasteiger partial charge >= 0.3 is 0 Å². The fourth-order valence-electron chi connectivity index (χ4n) is 2.75. The van der Waals surface area contributed by atoms with Crippen LogP contribution >= 0.6 is 12.4 Å². The Morgan fingerprint density at radius 1 is 1.33 bits per heavy atom. The van der Waals surface area contributed by atoms with Crippen molar-refractivity contribution in [2.75, 3.05) is 33.9 Å². The number of methoxy groups -OCH3 is 2. The molecule has 0 aliphatic carbocycles. The van der Waals surface area contributed by atoms with Crippen molar-refractivity contribution >= 4 is 18.3 Å². The smallest absolute Gasteiger partial charge is 0.242 e. The van der Waals surface area contributed by atoms with Gasteiger partial charge in [0.2, 0.25) is 5.91 Å². The lowest BCUT2D eigenvalue weighted by Crippen LogP contribution is -2.56. The molecule has 7 heteroatoms. The van der Waals surface area contributed by atoms with Gasteiger partial charge < -0.3 is 24.4 Å². The molecule has 0 unspecified atom stereocenters. The van der Waals surface area contributed by atoms with Gasteiger partial charge in [-0.15, -0.1) is 12.4 Å². The first-order valence-corrected chi connectivity index (χ1v) is 7.95. The number of hydrogen-bond donors (Lipinski definition) is 1. The number of rotatable bonds is 6. The van der Waals surface area contributed by atoms with E-state index in [1.807, 2.05) is 36.9 Å². The summed E-state index contributed by atoms with van der Waals surface area (Å²) < 4.78 is 16.1. The van der Waals surface area contributed by atoms with E-state index >= 15 is 0 Å². The van der Waals surface area contributed by atoms with Gasteiger partial charge in [-0.3, -0.25) is 4.79 Å². The number of hydrogen-bond acceptors (Lipinski definition) is 5. The molecule has 1 aromatic carbocycles. The number of ether oxygens (including phenoxy) is 3. The van der Waals surface area contributed by atoms with E-state index in [4.69, 9.17) is 14.2 Å². The predicted octanol–water partition coefficient (Wildman–Crippen LogP) is 1.85. The van der Waals surface area contributed by atoms with E-state index < -0.39 is 0 Å². The van der Waals surface area contributed by atoms with E-state index in [-0.39, 0.29) is 30.5 Å². The number of benzene rings is 1. The van der Waals surface area contributed by atoms with Crippen LogP contribution in [0.5, 0.6) is 11.5 Å². The average Bonchev–Trinajstić information content (AvgIpc) is 2.59. The molecule has 0 saturated carbocycles. The highest BCUT2D eigenvalue weighted by Gasteiger charge is 2.31. The molecule has 1 saturated heterocycles. The minimum absolute atomic E-state index is 0. The highest BCUT2D eigenvalue weighted by Crippen LogP contribution is 2.28. The van der Waals surface area contributed by atoms with E-state index in [1.165, 1.54) is 0 Å². The molecule has 1 heterocycles. The van der Waals surface area contributed by atoms with Crippen LogP contribution in [0.15, 0.2) is 18.2 Å². The Morgan fingerprint density at radius 3 is 2.62 bits per heavy atom. The first kappa shape index (κ1) is 20.5. The van der Waals surface area contributed by atoms with Gasteiger partial charge in [0.1, 0.15) is 6.04 Å². The molecule has 0 spiro atoms. The Kier molecular flexibility index (Phi) is 8.31. The van der Waals surface area contributed by atoms with Crippen LogP contribution in [0.1, 0.15) is 19.4 Å². The summed E-state index contributed by atoms with van der Waals surface area (Å²) in [4.78, 5) is 14.6. The quantitative estimate of drug-likeness (QED) is 0.841. The predicted molar refractivity (Wildman–Crippen MR) is 95.1 cm³/mol. The molecule has 136 valence electrons. The van der Waals surface area contributed by atoms with Crippen molar-refractivity contribution in [1.82, 2.24) is 10.2 Å². The third kappa shape index (κ3) is 4.75. The Hall–Kier alpha value is -1.50. The summed E-state index contributed by atoms with van der Waals surface area (Å²) in [7, 11) is 3.21. The second kappa shape index (κ2) is 9.71. The Morgan fingerprint density at radius 2 is 2.04 bits per heavy atom. The SMILES string of the molecule is CCN(Cc1ccc(OC)c(OC)c1)C(=O)[C@H]1NCCO[C@@H]1C.Cl. The van der Waals surface area contributed by atoms with Crippen molar-refractivity contribution < 1.29 is 19.0 Å². The third-order valence-corrected chi connectivity index (χ3v) is 4.10. The lowest BCUT2D eigenvalue weighted by atomic mass is 10.1. The Labute approximate surface area is 149 Å². The second-order valence-electron chi connectivity index (χ2n) is 5.55. The average molecular weight is 359 g/mol. The van der Waals surface area contributed by atoms with Gasteiger partial charge in [0.25, 0.3) is 0 Å². The van der Waals surface area contributed by atoms with Crippen LogP contribution in [0.3, 0.4) is 0 Å². The van der Waals surface area contributed by atoms with E-state index in [2.05, 4.69) is 5.32 Å². The zero-order chi connectivity index (χ0) is 16.8. The number of carbonyl (C=O) groups excluding carboxylic acids is 1. The van der Waals surface area contributed by atoms with Crippen LogP contribution in [0.25, 0.3) is 0 Å². The molecular formula is C17H27ClN2O4. The summed E-state index contributed by atoms with van der Waals surface area (Å²) in [5.74, 6) is 1.41. The van der Waals surface area contributed by atoms with E-state index in [1.54, 1.807) is 14.2 Å². The topological polar surface area (TPSA) is 60.0 Å². The van der Waals surface area contributed by atoms with Crippen LogP contribution in [0, 0.1) is 0 Å². The molecule has 24 heavy (non-hydrogen) atoms. The minimum atomic E-state index is -0.288. The van der Waals surface area contributed by atoms with Gasteiger partial charge in [0.15, 0.2) is 11.5 Å². The molecule has 1 fully saturated rings. The molecule has 1 aromatic rings. The van der Waals surface area contributed by atoms with Gasteiger partial charge in [-0.25, -0.2) is 0 Å². The fraction of sp³-hybridized carbons (Fsp3) is 0.588. The van der Waals surface area contributed by atoms with Gasteiger partial charge in [0.05, 0.1) is 26.9 Å². The first-order chi connectivity index (χ1) is 11.1. The highest BCUT2D eigenvalue weighted by molar-refractivity contribution is 5.85. The van der Waals surface area contributed by atoms with Crippen molar-refractivity contribution in [1.29, 1.82) is 0 Å². The van der Waals surface area contributed by atoms with Crippen LogP contribution in [0.2, 0.25) is 0 Å². The molecule has 1 N–H and O–H groups in total. The molecule has 1 amide bonds. The highest BCUT2D eigenvalue weighted by atomic mass is 35.5. The summed E-state index contributed by atoms with van der Waals surface area (Å²) in [6, 6.07) is 5.43. The number of morpholine rings is 1. The van der Waals surface area contributed by atoms with Crippen molar-refractivity contribution in [3.8, 4) is 11.5 Å². The zero-order valence-corrected chi connectivity index (χ0v) is 15.5. The van der Waals surface area contributed by atoms with Crippen LogP contribution in [-0.2, 0) is 16.1 Å². The second-order valence-corrected chi connectivity index (χ2v) is 5.55. The summed E-state index contributed by atoms with van der Waals surface area (Å²) in [5.41, 5.74) is 1.00. The number of amides is 1. The van der Waals surface area contributed by atoms with Gasteiger partial charge in [0, 0.05) is 19.6 Å². The lowest BCUT2D eigenvalue weighted by molar-refractivity contribution is -0.139. The van der Waals surface area contributed by atoms with Gasteiger partial charge in [-0.2, -0.15) is 0 Å². The number of nitrogens with one attached hydrogen (secondary N) is 1. The lowest BCUT2D eigenvalue weighted by Gasteiger charge is -2.33. The standard InChI is InChI=1S/C17H26N2O4.ClH/c1-5-19(17(20)16-12(2)23-9-8-18-16)11-13-6-7-14(21-3)15(10-13)22-4;/h6-7,10,12,16,18H,5,8-9,11H2,1-4H3;1H/t12-,16+;/m1./s1. The number of likely N-dealkylation sites (N-methyl/N-ethyl adjacent to an activating group) is 1. The van der Waals surface area contributed by atoms with Crippen molar-refractivity contribution in [3.63, 3.8) is 0 Å². The molecule has 1 aliphatic rings. The van der Waals surface area contributed by atoms with Crippen molar-refractivity contribution in [2.24, 2.45) is 0 Å². The molecule has 0 bridgehead atoms. The Balaban J connectivity index is 0.00000288. The maximum Gasteiger partial charge on any atom is 0.242 e. The molecular weight excluding hydrogens is 332 g/mol. The van der Waals surface area contributed by atoms with E-state index in [0.29, 0.717) is 37.7 Å². The van der Waals surface area contributed by atoms with E-state index in [9.17, 15) is 4.79 Å². The van der Waals surface area contributed by atoms with Crippen LogP contribution in [0.4, 0.5) is 0 Å². The van der Waals surface area contributed by atoms with Crippen LogP contribution < -0.4 is 14.8 Å². The van der Waals surface area contributed by atoms with Gasteiger partial charge in [-0.1, -0.05) is 6.07 Å². The monoisotopic (exact) mass is 358 g/mol. The molecule has 0 radical (unpaired) electrons. The van der Waals surface area contributed by atoms with Crippen molar-refractivity contribution in [2.45, 2.75) is 32.5 Å². The number of halogens is 1. The maximum absolute atomic E-state index is 12.7. The van der Waals surface area contributed by atoms with E-state index in [0.717, 1.165) is 5.56 Å². The molecule has 2 atom stereocenters. The molecule has 2 rings (SSSR count). The Bertz CT molecular complexity index is 541. The fourth-order valence-corrected chi connectivity index (χ4v) is 2.75. The first-order valence-electron chi connectivity index (χ1n) is 7.95. The van der Waals surface area contributed by atoms with Crippen molar-refractivity contribution in [3.05, 3.63) is 23.8 Å². The summed E-state index contributed by atoms with van der Waals surface area (Å²) in [6.07, 6.45) is -0.115.